The van der Waals surface area contributed by atoms with Crippen molar-refractivity contribution in [3.8, 4) is 11.5 Å². The predicted octanol–water partition coefficient (Wildman–Crippen LogP) is 2.44. The number of benzene rings is 1. The van der Waals surface area contributed by atoms with Crippen molar-refractivity contribution in [3.63, 3.8) is 0 Å². The Morgan fingerprint density at radius 2 is 1.90 bits per heavy atom. The molecule has 0 aromatic heterocycles. The lowest BCUT2D eigenvalue weighted by molar-refractivity contribution is 0.0740. The van der Waals surface area contributed by atoms with E-state index in [-0.39, 0.29) is 12.7 Å². The first-order valence-corrected chi connectivity index (χ1v) is 7.28. The fourth-order valence-electron chi connectivity index (χ4n) is 4.16. The molecule has 0 bridgehead atoms. The van der Waals surface area contributed by atoms with Crippen molar-refractivity contribution in [1.29, 1.82) is 0 Å². The zero-order chi connectivity index (χ0) is 13.3. The highest BCUT2D eigenvalue weighted by molar-refractivity contribution is 6.05. The van der Waals surface area contributed by atoms with Gasteiger partial charge in [0.2, 0.25) is 6.79 Å². The number of ether oxygens (including phenoxy) is 2. The molecule has 5 rings (SSSR count). The molecule has 2 atom stereocenters. The number of amides is 1. The number of allylic oxidation sites excluding steroid dienone is 1. The molecule has 1 aromatic rings. The summed E-state index contributed by atoms with van der Waals surface area (Å²) in [6.45, 7) is 1.14. The summed E-state index contributed by atoms with van der Waals surface area (Å²) in [7, 11) is 0. The summed E-state index contributed by atoms with van der Waals surface area (Å²) in [6, 6.07) is 4.16. The van der Waals surface area contributed by atoms with Crippen LogP contribution in [0.1, 0.15) is 35.2 Å². The Morgan fingerprint density at radius 3 is 2.75 bits per heavy atom. The number of hydrogen-bond donors (Lipinski definition) is 0. The third-order valence-corrected chi connectivity index (χ3v) is 5.06. The Bertz CT molecular complexity index is 664. The molecule has 1 saturated heterocycles. The quantitative estimate of drug-likeness (QED) is 0.726. The van der Waals surface area contributed by atoms with Crippen LogP contribution in [0.5, 0.6) is 11.5 Å². The zero-order valence-corrected chi connectivity index (χ0v) is 11.1. The van der Waals surface area contributed by atoms with Crippen LogP contribution in [0.25, 0.3) is 5.57 Å². The molecule has 0 N–H and O–H groups in total. The summed E-state index contributed by atoms with van der Waals surface area (Å²) < 4.78 is 10.9. The van der Waals surface area contributed by atoms with Gasteiger partial charge in [-0.1, -0.05) is 6.08 Å². The zero-order valence-electron chi connectivity index (χ0n) is 11.1. The minimum atomic E-state index is 0.157. The Balaban J connectivity index is 1.76. The number of nitrogens with zero attached hydrogens (tertiary/aromatic N) is 1. The van der Waals surface area contributed by atoms with Gasteiger partial charge in [-0.25, -0.2) is 0 Å². The Labute approximate surface area is 117 Å². The van der Waals surface area contributed by atoms with E-state index in [9.17, 15) is 4.79 Å². The molecular weight excluding hydrogens is 254 g/mol. The molecule has 1 fully saturated rings. The highest BCUT2D eigenvalue weighted by Crippen LogP contribution is 2.48. The van der Waals surface area contributed by atoms with Gasteiger partial charge in [0, 0.05) is 6.54 Å². The van der Waals surface area contributed by atoms with E-state index in [0.717, 1.165) is 36.3 Å². The van der Waals surface area contributed by atoms with Gasteiger partial charge in [0.15, 0.2) is 11.5 Å². The molecule has 0 unspecified atom stereocenters. The Hall–Kier alpha value is -1.97. The highest BCUT2D eigenvalue weighted by Gasteiger charge is 2.46. The van der Waals surface area contributed by atoms with E-state index in [1.807, 2.05) is 12.1 Å². The van der Waals surface area contributed by atoms with Gasteiger partial charge >= 0.3 is 0 Å². The second kappa shape index (κ2) is 3.57. The normalized spacial score (nSPS) is 29.1. The highest BCUT2D eigenvalue weighted by atomic mass is 16.7. The fourth-order valence-corrected chi connectivity index (χ4v) is 4.16. The molecule has 102 valence electrons. The number of carbonyl (C=O) groups excluding carboxylic acids is 1. The summed E-state index contributed by atoms with van der Waals surface area (Å²) in [5.41, 5.74) is 3.16. The maximum Gasteiger partial charge on any atom is 0.255 e. The van der Waals surface area contributed by atoms with E-state index < -0.39 is 0 Å². The van der Waals surface area contributed by atoms with Crippen LogP contribution in [0, 0.1) is 5.92 Å². The lowest BCUT2D eigenvalue weighted by Crippen LogP contribution is -2.43. The second-order valence-electron chi connectivity index (χ2n) is 5.98. The van der Waals surface area contributed by atoms with Crippen molar-refractivity contribution >= 4 is 11.5 Å². The summed E-state index contributed by atoms with van der Waals surface area (Å²) in [5.74, 6) is 2.26. The molecule has 4 heteroatoms. The SMILES string of the molecule is O=C1c2cc3c(cc2C2=CCC[C@@H]4CCN1[C@H]24)OCO3. The van der Waals surface area contributed by atoms with Crippen LogP contribution < -0.4 is 9.47 Å². The van der Waals surface area contributed by atoms with Gasteiger partial charge in [-0.15, -0.1) is 0 Å². The monoisotopic (exact) mass is 269 g/mol. The van der Waals surface area contributed by atoms with Gasteiger partial charge < -0.3 is 14.4 Å². The van der Waals surface area contributed by atoms with Crippen molar-refractivity contribution in [3.05, 3.63) is 29.3 Å². The number of carbonyl (C=O) groups is 1. The maximum absolute atomic E-state index is 12.7. The molecule has 20 heavy (non-hydrogen) atoms. The molecule has 0 radical (unpaired) electrons. The number of rotatable bonds is 0. The molecule has 3 aliphatic heterocycles. The molecule has 4 aliphatic rings. The molecule has 0 saturated carbocycles. The smallest absolute Gasteiger partial charge is 0.255 e. The van der Waals surface area contributed by atoms with Gasteiger partial charge in [-0.3, -0.25) is 4.79 Å². The standard InChI is InChI=1S/C16H15NO3/c18-16-12-7-14-13(19-8-20-14)6-11(12)10-3-1-2-9-4-5-17(16)15(9)10/h3,6-7,9,15H,1-2,4-5,8H2/t9-,15+/m1/s1. The van der Waals surface area contributed by atoms with Gasteiger partial charge in [0.05, 0.1) is 11.6 Å². The number of hydrogen-bond acceptors (Lipinski definition) is 3. The Morgan fingerprint density at radius 1 is 1.10 bits per heavy atom. The van der Waals surface area contributed by atoms with Crippen molar-refractivity contribution < 1.29 is 14.3 Å². The van der Waals surface area contributed by atoms with Crippen molar-refractivity contribution in [2.75, 3.05) is 13.3 Å². The molecule has 3 heterocycles. The van der Waals surface area contributed by atoms with Crippen LogP contribution in [-0.2, 0) is 0 Å². The van der Waals surface area contributed by atoms with Crippen LogP contribution in [0.15, 0.2) is 18.2 Å². The van der Waals surface area contributed by atoms with Crippen molar-refractivity contribution in [2.24, 2.45) is 5.92 Å². The maximum atomic E-state index is 12.7. The summed E-state index contributed by atoms with van der Waals surface area (Å²) >= 11 is 0. The van der Waals surface area contributed by atoms with Crippen molar-refractivity contribution in [1.82, 2.24) is 4.90 Å². The molecule has 0 spiro atoms. The second-order valence-corrected chi connectivity index (χ2v) is 5.98. The first-order valence-electron chi connectivity index (χ1n) is 7.28. The van der Waals surface area contributed by atoms with Gasteiger partial charge in [0.25, 0.3) is 5.91 Å². The fraction of sp³-hybridized carbons (Fsp3) is 0.438. The predicted molar refractivity (Wildman–Crippen MR) is 72.7 cm³/mol. The van der Waals surface area contributed by atoms with Crippen LogP contribution >= 0.6 is 0 Å². The van der Waals surface area contributed by atoms with Crippen LogP contribution in [0.3, 0.4) is 0 Å². The molecule has 4 nitrogen and oxygen atoms in total. The topological polar surface area (TPSA) is 38.8 Å². The van der Waals surface area contributed by atoms with Crippen molar-refractivity contribution in [2.45, 2.75) is 25.3 Å². The average Bonchev–Trinajstić information content (AvgIpc) is 3.10. The van der Waals surface area contributed by atoms with Gasteiger partial charge in [-0.05, 0) is 48.4 Å². The third-order valence-electron chi connectivity index (χ3n) is 5.06. The van der Waals surface area contributed by atoms with E-state index in [2.05, 4.69) is 11.0 Å². The van der Waals surface area contributed by atoms with E-state index in [1.165, 1.54) is 12.0 Å². The average molecular weight is 269 g/mol. The minimum Gasteiger partial charge on any atom is -0.454 e. The van der Waals surface area contributed by atoms with Gasteiger partial charge in [-0.2, -0.15) is 0 Å². The largest absolute Gasteiger partial charge is 0.454 e. The minimum absolute atomic E-state index is 0.157. The van der Waals surface area contributed by atoms with Crippen LogP contribution in [0.4, 0.5) is 0 Å². The Kier molecular flexibility index (Phi) is 1.92. The molecule has 1 aliphatic carbocycles. The van der Waals surface area contributed by atoms with Crippen LogP contribution in [-0.4, -0.2) is 30.2 Å². The van der Waals surface area contributed by atoms with E-state index in [1.54, 1.807) is 0 Å². The summed E-state index contributed by atoms with van der Waals surface area (Å²) in [5, 5.41) is 0. The molecular formula is C16H15NO3. The first-order chi connectivity index (χ1) is 9.83. The van der Waals surface area contributed by atoms with E-state index >= 15 is 0 Å². The molecule has 1 aromatic carbocycles. The van der Waals surface area contributed by atoms with Crippen LogP contribution in [0.2, 0.25) is 0 Å². The lowest BCUT2D eigenvalue weighted by Gasteiger charge is -2.38. The van der Waals surface area contributed by atoms with E-state index in [0.29, 0.717) is 17.7 Å². The summed E-state index contributed by atoms with van der Waals surface area (Å²) in [4.78, 5) is 14.8. The lowest BCUT2D eigenvalue weighted by atomic mass is 9.78. The molecule has 1 amide bonds. The third kappa shape index (κ3) is 1.20. The summed E-state index contributed by atoms with van der Waals surface area (Å²) in [6.07, 6.45) is 5.77. The van der Waals surface area contributed by atoms with Gasteiger partial charge in [0.1, 0.15) is 0 Å². The van der Waals surface area contributed by atoms with E-state index in [4.69, 9.17) is 9.47 Å². The number of fused-ring (bicyclic) bond motifs is 3. The first kappa shape index (κ1) is 10.8.